The first kappa shape index (κ1) is 18.1. The van der Waals surface area contributed by atoms with E-state index in [1.807, 2.05) is 0 Å². The van der Waals surface area contributed by atoms with Crippen LogP contribution < -0.4 is 0 Å². The van der Waals surface area contributed by atoms with Gasteiger partial charge in [-0.25, -0.2) is 4.79 Å². The van der Waals surface area contributed by atoms with Crippen LogP contribution in [0.25, 0.3) is 0 Å². The SMILES string of the molecule is CCOC(=O)C1(OC(=O)Cc2ccc(Cl)cc2Cl)CCCCC1. The van der Waals surface area contributed by atoms with E-state index in [0.717, 1.165) is 19.3 Å². The molecule has 23 heavy (non-hydrogen) atoms. The summed E-state index contributed by atoms with van der Waals surface area (Å²) in [5.74, 6) is -0.931. The molecule has 1 saturated carbocycles. The van der Waals surface area contributed by atoms with E-state index in [-0.39, 0.29) is 13.0 Å². The second-order valence-corrected chi connectivity index (χ2v) is 6.51. The molecule has 1 aromatic carbocycles. The van der Waals surface area contributed by atoms with Crippen LogP contribution in [-0.4, -0.2) is 24.1 Å². The Kier molecular flexibility index (Phi) is 6.31. The Labute approximate surface area is 146 Å². The molecule has 6 heteroatoms. The summed E-state index contributed by atoms with van der Waals surface area (Å²) in [5, 5.41) is 0.908. The van der Waals surface area contributed by atoms with E-state index in [1.54, 1.807) is 25.1 Å². The lowest BCUT2D eigenvalue weighted by Gasteiger charge is -2.34. The van der Waals surface area contributed by atoms with Crippen LogP contribution in [0.3, 0.4) is 0 Å². The van der Waals surface area contributed by atoms with Crippen molar-refractivity contribution in [3.05, 3.63) is 33.8 Å². The maximum atomic E-state index is 12.3. The fourth-order valence-electron chi connectivity index (χ4n) is 2.81. The normalized spacial score (nSPS) is 16.7. The summed E-state index contributed by atoms with van der Waals surface area (Å²) in [6.45, 7) is 2.00. The van der Waals surface area contributed by atoms with Crippen LogP contribution in [0.5, 0.6) is 0 Å². The highest BCUT2D eigenvalue weighted by atomic mass is 35.5. The second kappa shape index (κ2) is 8.02. The average Bonchev–Trinajstić information content (AvgIpc) is 2.51. The van der Waals surface area contributed by atoms with Crippen molar-refractivity contribution in [2.75, 3.05) is 6.61 Å². The molecule has 0 unspecified atom stereocenters. The lowest BCUT2D eigenvalue weighted by Crippen LogP contribution is -2.46. The first-order valence-electron chi connectivity index (χ1n) is 7.80. The van der Waals surface area contributed by atoms with Gasteiger partial charge in [-0.2, -0.15) is 0 Å². The molecule has 0 N–H and O–H groups in total. The molecule has 0 aliphatic heterocycles. The molecule has 1 aliphatic rings. The fourth-order valence-corrected chi connectivity index (χ4v) is 3.28. The minimum atomic E-state index is -1.15. The number of benzene rings is 1. The molecule has 0 spiro atoms. The minimum Gasteiger partial charge on any atom is -0.463 e. The Morgan fingerprint density at radius 2 is 1.87 bits per heavy atom. The smallest absolute Gasteiger partial charge is 0.350 e. The zero-order chi connectivity index (χ0) is 16.9. The molecular formula is C17H20Cl2O4. The molecule has 0 heterocycles. The molecule has 1 aliphatic carbocycles. The van der Waals surface area contributed by atoms with Crippen molar-refractivity contribution in [1.29, 1.82) is 0 Å². The summed E-state index contributed by atoms with van der Waals surface area (Å²) in [5.41, 5.74) is -0.527. The molecule has 0 radical (unpaired) electrons. The summed E-state index contributed by atoms with van der Waals surface area (Å²) in [6, 6.07) is 4.93. The molecule has 126 valence electrons. The van der Waals surface area contributed by atoms with Crippen molar-refractivity contribution in [2.24, 2.45) is 0 Å². The van der Waals surface area contributed by atoms with Gasteiger partial charge in [0.25, 0.3) is 0 Å². The van der Waals surface area contributed by atoms with Gasteiger partial charge in [0, 0.05) is 10.0 Å². The lowest BCUT2D eigenvalue weighted by atomic mass is 9.84. The number of esters is 2. The van der Waals surface area contributed by atoms with Crippen molar-refractivity contribution in [3.63, 3.8) is 0 Å². The third-order valence-electron chi connectivity index (χ3n) is 3.97. The molecule has 0 amide bonds. The standard InChI is InChI=1S/C17H20Cl2O4/c1-2-22-16(21)17(8-4-3-5-9-17)23-15(20)10-12-6-7-13(18)11-14(12)19/h6-7,11H,2-5,8-10H2,1H3. The van der Waals surface area contributed by atoms with Gasteiger partial charge in [0.2, 0.25) is 5.60 Å². The van der Waals surface area contributed by atoms with Gasteiger partial charge in [0.05, 0.1) is 13.0 Å². The van der Waals surface area contributed by atoms with Crippen LogP contribution >= 0.6 is 23.2 Å². The summed E-state index contributed by atoms with van der Waals surface area (Å²) in [6.07, 6.45) is 3.72. The van der Waals surface area contributed by atoms with Crippen molar-refractivity contribution in [3.8, 4) is 0 Å². The van der Waals surface area contributed by atoms with Gasteiger partial charge in [-0.05, 0) is 50.3 Å². The molecule has 1 aromatic rings. The summed E-state index contributed by atoms with van der Waals surface area (Å²) < 4.78 is 10.7. The van der Waals surface area contributed by atoms with E-state index >= 15 is 0 Å². The summed E-state index contributed by atoms with van der Waals surface area (Å²) in [7, 11) is 0. The van der Waals surface area contributed by atoms with E-state index in [0.29, 0.717) is 28.5 Å². The third kappa shape index (κ3) is 4.61. The largest absolute Gasteiger partial charge is 0.463 e. The zero-order valence-corrected chi connectivity index (χ0v) is 14.6. The Hall–Kier alpha value is -1.26. The highest BCUT2D eigenvalue weighted by molar-refractivity contribution is 6.35. The molecule has 2 rings (SSSR count). The molecule has 1 fully saturated rings. The fraction of sp³-hybridized carbons (Fsp3) is 0.529. The molecule has 0 saturated heterocycles. The van der Waals surface area contributed by atoms with Crippen molar-refractivity contribution in [1.82, 2.24) is 0 Å². The summed E-state index contributed by atoms with van der Waals surface area (Å²) >= 11 is 11.9. The number of hydrogen-bond acceptors (Lipinski definition) is 4. The van der Waals surface area contributed by atoms with Crippen molar-refractivity contribution < 1.29 is 19.1 Å². The first-order valence-corrected chi connectivity index (χ1v) is 8.55. The van der Waals surface area contributed by atoms with Gasteiger partial charge in [-0.1, -0.05) is 35.7 Å². The van der Waals surface area contributed by atoms with Crippen LogP contribution in [0.1, 0.15) is 44.6 Å². The van der Waals surface area contributed by atoms with E-state index < -0.39 is 17.5 Å². The lowest BCUT2D eigenvalue weighted by molar-refractivity contribution is -0.186. The average molecular weight is 359 g/mol. The second-order valence-electron chi connectivity index (χ2n) is 5.66. The maximum Gasteiger partial charge on any atom is 0.350 e. The van der Waals surface area contributed by atoms with Crippen molar-refractivity contribution >= 4 is 35.1 Å². The van der Waals surface area contributed by atoms with E-state index in [4.69, 9.17) is 32.7 Å². The quantitative estimate of drug-likeness (QED) is 0.734. The van der Waals surface area contributed by atoms with Crippen LogP contribution in [0, 0.1) is 0 Å². The van der Waals surface area contributed by atoms with Gasteiger partial charge < -0.3 is 9.47 Å². The Bertz CT molecular complexity index is 580. The number of halogens is 2. The molecule has 0 bridgehead atoms. The predicted molar refractivity (Wildman–Crippen MR) is 88.7 cm³/mol. The van der Waals surface area contributed by atoms with Crippen LogP contribution in [0.4, 0.5) is 0 Å². The number of carbonyl (C=O) groups excluding carboxylic acids is 2. The Morgan fingerprint density at radius 1 is 1.17 bits per heavy atom. The Morgan fingerprint density at radius 3 is 2.48 bits per heavy atom. The van der Waals surface area contributed by atoms with Gasteiger partial charge >= 0.3 is 11.9 Å². The highest BCUT2D eigenvalue weighted by Gasteiger charge is 2.44. The first-order chi connectivity index (χ1) is 11.0. The minimum absolute atomic E-state index is 0.00282. The number of ether oxygens (including phenoxy) is 2. The molecule has 4 nitrogen and oxygen atoms in total. The van der Waals surface area contributed by atoms with Crippen LogP contribution in [0.2, 0.25) is 10.0 Å². The van der Waals surface area contributed by atoms with E-state index in [2.05, 4.69) is 0 Å². The van der Waals surface area contributed by atoms with E-state index in [9.17, 15) is 9.59 Å². The van der Waals surface area contributed by atoms with Crippen molar-refractivity contribution in [2.45, 2.75) is 51.0 Å². The van der Waals surface area contributed by atoms with Gasteiger partial charge in [0.1, 0.15) is 0 Å². The maximum absolute atomic E-state index is 12.3. The van der Waals surface area contributed by atoms with Crippen LogP contribution in [-0.2, 0) is 25.5 Å². The zero-order valence-electron chi connectivity index (χ0n) is 13.1. The molecule has 0 atom stereocenters. The molecular weight excluding hydrogens is 339 g/mol. The number of hydrogen-bond donors (Lipinski definition) is 0. The van der Waals surface area contributed by atoms with E-state index in [1.165, 1.54) is 0 Å². The monoisotopic (exact) mass is 358 g/mol. The Balaban J connectivity index is 2.09. The van der Waals surface area contributed by atoms with Gasteiger partial charge in [0.15, 0.2) is 0 Å². The van der Waals surface area contributed by atoms with Crippen LogP contribution in [0.15, 0.2) is 18.2 Å². The van der Waals surface area contributed by atoms with Gasteiger partial charge in [-0.3, -0.25) is 4.79 Å². The summed E-state index contributed by atoms with van der Waals surface area (Å²) in [4.78, 5) is 24.6. The third-order valence-corrected chi connectivity index (χ3v) is 4.55. The predicted octanol–water partition coefficient (Wildman–Crippen LogP) is 4.35. The molecule has 0 aromatic heterocycles. The topological polar surface area (TPSA) is 52.6 Å². The number of rotatable bonds is 5. The highest BCUT2D eigenvalue weighted by Crippen LogP contribution is 2.33. The number of carbonyl (C=O) groups is 2. The van der Waals surface area contributed by atoms with Gasteiger partial charge in [-0.15, -0.1) is 0 Å².